The number of halogens is 2. The fourth-order valence-corrected chi connectivity index (χ4v) is 4.01. The maximum atomic E-state index is 3.55. The maximum Gasteiger partial charge on any atom is 0.0704 e. The normalized spacial score (nSPS) is 12.7. The molecule has 1 heterocycles. The first-order valence-corrected chi connectivity index (χ1v) is 7.99. The highest BCUT2D eigenvalue weighted by Gasteiger charge is 2.16. The average molecular weight is 422 g/mol. The zero-order chi connectivity index (χ0) is 12.4. The summed E-state index contributed by atoms with van der Waals surface area (Å²) in [5, 5.41) is 3.39. The van der Waals surface area contributed by atoms with E-state index in [0.29, 0.717) is 0 Å². The first-order chi connectivity index (χ1) is 8.11. The van der Waals surface area contributed by atoms with Gasteiger partial charge in [-0.2, -0.15) is 0 Å². The Morgan fingerprint density at radius 3 is 2.41 bits per heavy atom. The van der Waals surface area contributed by atoms with E-state index in [-0.39, 0.29) is 6.04 Å². The van der Waals surface area contributed by atoms with E-state index in [4.69, 9.17) is 0 Å². The number of thiophene rings is 1. The summed E-state index contributed by atoms with van der Waals surface area (Å²) in [6.45, 7) is 2.17. The highest BCUT2D eigenvalue weighted by Crippen LogP contribution is 2.33. The van der Waals surface area contributed by atoms with Gasteiger partial charge in [-0.1, -0.05) is 12.1 Å². The van der Waals surface area contributed by atoms with Crippen LogP contribution in [0.4, 0.5) is 0 Å². The van der Waals surface area contributed by atoms with Crippen molar-refractivity contribution in [2.24, 2.45) is 0 Å². The molecule has 0 fully saturated rings. The van der Waals surface area contributed by atoms with Gasteiger partial charge in [0.2, 0.25) is 0 Å². The predicted octanol–water partition coefficient (Wildman–Crippen LogP) is 4.73. The summed E-state index contributed by atoms with van der Waals surface area (Å²) in [7, 11) is 2.01. The molecule has 0 aliphatic heterocycles. The van der Waals surface area contributed by atoms with Gasteiger partial charge in [0, 0.05) is 8.45 Å². The number of hydrogen-bond acceptors (Lipinski definition) is 2. The second kappa shape index (κ2) is 5.82. The molecule has 0 spiro atoms. The minimum absolute atomic E-state index is 0.273. The molecule has 0 radical (unpaired) electrons. The number of rotatable bonds is 3. The first-order valence-electron chi connectivity index (χ1n) is 5.30. The summed E-state index contributed by atoms with van der Waals surface area (Å²) in [6, 6.07) is 11.2. The van der Waals surface area contributed by atoms with Crippen molar-refractivity contribution < 1.29 is 0 Å². The van der Waals surface area contributed by atoms with Crippen LogP contribution in [0, 0.1) is 10.5 Å². The SMILES string of the molecule is CNC(c1ccc(I)cc1)c1cc(Br)sc1C. The summed E-state index contributed by atoms with van der Waals surface area (Å²) in [6.07, 6.45) is 0. The van der Waals surface area contributed by atoms with E-state index in [2.05, 4.69) is 81.1 Å². The van der Waals surface area contributed by atoms with Gasteiger partial charge in [-0.05, 0) is 81.8 Å². The van der Waals surface area contributed by atoms with E-state index < -0.39 is 0 Å². The third-order valence-electron chi connectivity index (χ3n) is 2.73. The van der Waals surface area contributed by atoms with Crippen molar-refractivity contribution in [3.05, 3.63) is 53.7 Å². The molecule has 1 N–H and O–H groups in total. The van der Waals surface area contributed by atoms with Gasteiger partial charge >= 0.3 is 0 Å². The van der Waals surface area contributed by atoms with Gasteiger partial charge in [-0.25, -0.2) is 0 Å². The third kappa shape index (κ3) is 3.10. The highest BCUT2D eigenvalue weighted by molar-refractivity contribution is 14.1. The number of hydrogen-bond donors (Lipinski definition) is 1. The maximum absolute atomic E-state index is 3.55. The molecule has 90 valence electrons. The lowest BCUT2D eigenvalue weighted by atomic mass is 10.00. The van der Waals surface area contributed by atoms with Gasteiger partial charge in [0.25, 0.3) is 0 Å². The van der Waals surface area contributed by atoms with E-state index in [0.717, 1.165) is 0 Å². The molecule has 0 aliphatic carbocycles. The van der Waals surface area contributed by atoms with Crippen molar-refractivity contribution >= 4 is 49.9 Å². The Hall–Kier alpha value is 0.0900. The second-order valence-electron chi connectivity index (χ2n) is 3.84. The fourth-order valence-electron chi connectivity index (χ4n) is 1.90. The Balaban J connectivity index is 2.39. The molecule has 0 saturated heterocycles. The quantitative estimate of drug-likeness (QED) is 0.706. The molecule has 1 nitrogen and oxygen atoms in total. The largest absolute Gasteiger partial charge is 0.309 e. The van der Waals surface area contributed by atoms with Crippen molar-refractivity contribution in [3.63, 3.8) is 0 Å². The molecule has 1 aromatic carbocycles. The fraction of sp³-hybridized carbons (Fsp3) is 0.231. The van der Waals surface area contributed by atoms with Gasteiger partial charge in [-0.15, -0.1) is 11.3 Å². The minimum Gasteiger partial charge on any atom is -0.309 e. The van der Waals surface area contributed by atoms with E-state index >= 15 is 0 Å². The second-order valence-corrected chi connectivity index (χ2v) is 7.72. The molecule has 1 unspecified atom stereocenters. The summed E-state index contributed by atoms with van der Waals surface area (Å²) in [5.74, 6) is 0. The zero-order valence-electron chi connectivity index (χ0n) is 9.63. The highest BCUT2D eigenvalue weighted by atomic mass is 127. The molecule has 17 heavy (non-hydrogen) atoms. The standard InChI is InChI=1S/C13H13BrINS/c1-8-11(7-12(14)17-8)13(16-2)9-3-5-10(15)6-4-9/h3-7,13,16H,1-2H3. The van der Waals surface area contributed by atoms with Gasteiger partial charge in [0.15, 0.2) is 0 Å². The smallest absolute Gasteiger partial charge is 0.0704 e. The van der Waals surface area contributed by atoms with Crippen LogP contribution >= 0.6 is 49.9 Å². The summed E-state index contributed by atoms with van der Waals surface area (Å²) >= 11 is 7.67. The monoisotopic (exact) mass is 421 g/mol. The summed E-state index contributed by atoms with van der Waals surface area (Å²) < 4.78 is 2.46. The molecule has 0 saturated carbocycles. The zero-order valence-corrected chi connectivity index (χ0v) is 14.2. The van der Waals surface area contributed by atoms with Crippen LogP contribution in [0.3, 0.4) is 0 Å². The molecule has 1 aromatic heterocycles. The molecule has 2 aromatic rings. The van der Waals surface area contributed by atoms with Gasteiger partial charge in [-0.3, -0.25) is 0 Å². The Labute approximate surface area is 128 Å². The Morgan fingerprint density at radius 1 is 1.29 bits per heavy atom. The molecule has 4 heteroatoms. The Kier molecular flexibility index (Phi) is 4.63. The number of benzene rings is 1. The number of aryl methyl sites for hydroxylation is 1. The Morgan fingerprint density at radius 2 is 1.94 bits per heavy atom. The Bertz CT molecular complexity index is 507. The van der Waals surface area contributed by atoms with E-state index in [1.165, 1.54) is 23.4 Å². The predicted molar refractivity (Wildman–Crippen MR) is 86.8 cm³/mol. The van der Waals surface area contributed by atoms with Crippen molar-refractivity contribution in [1.29, 1.82) is 0 Å². The van der Waals surface area contributed by atoms with Gasteiger partial charge in [0.05, 0.1) is 9.83 Å². The lowest BCUT2D eigenvalue weighted by Gasteiger charge is -2.16. The van der Waals surface area contributed by atoms with E-state index in [9.17, 15) is 0 Å². The lowest BCUT2D eigenvalue weighted by molar-refractivity contribution is 0.690. The van der Waals surface area contributed by atoms with Crippen LogP contribution in [0.1, 0.15) is 22.0 Å². The van der Waals surface area contributed by atoms with E-state index in [1.54, 1.807) is 11.3 Å². The van der Waals surface area contributed by atoms with Crippen LogP contribution in [0.2, 0.25) is 0 Å². The third-order valence-corrected chi connectivity index (χ3v) is 5.02. The van der Waals surface area contributed by atoms with Crippen LogP contribution in [0.15, 0.2) is 34.1 Å². The van der Waals surface area contributed by atoms with Crippen LogP contribution in [-0.2, 0) is 0 Å². The molecule has 0 amide bonds. The van der Waals surface area contributed by atoms with Crippen LogP contribution < -0.4 is 5.32 Å². The molecular weight excluding hydrogens is 409 g/mol. The lowest BCUT2D eigenvalue weighted by Crippen LogP contribution is -2.17. The molecule has 1 atom stereocenters. The van der Waals surface area contributed by atoms with Crippen LogP contribution in [-0.4, -0.2) is 7.05 Å². The topological polar surface area (TPSA) is 12.0 Å². The van der Waals surface area contributed by atoms with Gasteiger partial charge in [0.1, 0.15) is 0 Å². The number of nitrogens with one attached hydrogen (secondary N) is 1. The minimum atomic E-state index is 0.273. The summed E-state index contributed by atoms with van der Waals surface area (Å²) in [4.78, 5) is 1.36. The van der Waals surface area contributed by atoms with Crippen molar-refractivity contribution in [2.45, 2.75) is 13.0 Å². The first kappa shape index (κ1) is 13.5. The molecular formula is C13H13BrINS. The van der Waals surface area contributed by atoms with Crippen LogP contribution in [0.5, 0.6) is 0 Å². The molecule has 0 aliphatic rings. The van der Waals surface area contributed by atoms with E-state index in [1.807, 2.05) is 7.05 Å². The van der Waals surface area contributed by atoms with Crippen LogP contribution in [0.25, 0.3) is 0 Å². The van der Waals surface area contributed by atoms with Crippen molar-refractivity contribution in [1.82, 2.24) is 5.32 Å². The van der Waals surface area contributed by atoms with Crippen molar-refractivity contribution in [3.8, 4) is 0 Å². The molecule has 2 rings (SSSR count). The van der Waals surface area contributed by atoms with Crippen molar-refractivity contribution in [2.75, 3.05) is 7.05 Å². The summed E-state index contributed by atoms with van der Waals surface area (Å²) in [5.41, 5.74) is 2.66. The van der Waals surface area contributed by atoms with Gasteiger partial charge < -0.3 is 5.32 Å². The molecule has 0 bridgehead atoms. The average Bonchev–Trinajstić information content (AvgIpc) is 2.62.